The van der Waals surface area contributed by atoms with Crippen LogP contribution < -0.4 is 15.5 Å². The van der Waals surface area contributed by atoms with E-state index in [-0.39, 0.29) is 30.6 Å². The number of halogens is 2. The number of carbonyl (C=O) groups is 3. The number of rotatable bonds is 5. The number of anilines is 1. The van der Waals surface area contributed by atoms with Gasteiger partial charge in [0.2, 0.25) is 5.91 Å². The molecule has 1 saturated carbocycles. The van der Waals surface area contributed by atoms with Gasteiger partial charge in [-0.2, -0.15) is 0 Å². The summed E-state index contributed by atoms with van der Waals surface area (Å²) in [6.07, 6.45) is 2.20. The van der Waals surface area contributed by atoms with Crippen LogP contribution in [-0.2, 0) is 9.59 Å². The molecule has 2 heterocycles. The number of nitrogens with zero attached hydrogens (tertiary/aromatic N) is 2. The first-order valence-corrected chi connectivity index (χ1v) is 9.50. The van der Waals surface area contributed by atoms with E-state index in [1.807, 2.05) is 4.90 Å². The molecule has 3 fully saturated rings. The van der Waals surface area contributed by atoms with E-state index in [1.165, 1.54) is 6.07 Å². The van der Waals surface area contributed by atoms with Crippen LogP contribution in [0.15, 0.2) is 18.2 Å². The van der Waals surface area contributed by atoms with Crippen LogP contribution in [0.1, 0.15) is 25.7 Å². The Morgan fingerprint density at radius 3 is 2.39 bits per heavy atom. The second kappa shape index (κ2) is 7.03. The van der Waals surface area contributed by atoms with Gasteiger partial charge in [-0.25, -0.2) is 13.6 Å². The largest absolute Gasteiger partial charge is 0.368 e. The summed E-state index contributed by atoms with van der Waals surface area (Å²) in [5.41, 5.74) is -0.371. The van der Waals surface area contributed by atoms with E-state index in [1.54, 1.807) is 4.90 Å². The molecule has 0 bridgehead atoms. The zero-order valence-electron chi connectivity index (χ0n) is 15.3. The monoisotopic (exact) mass is 392 g/mol. The molecule has 150 valence electrons. The maximum absolute atomic E-state index is 13.4. The zero-order valence-corrected chi connectivity index (χ0v) is 15.3. The Morgan fingerprint density at radius 1 is 1.11 bits per heavy atom. The van der Waals surface area contributed by atoms with E-state index in [4.69, 9.17) is 0 Å². The van der Waals surface area contributed by atoms with Crippen LogP contribution in [-0.4, -0.2) is 54.5 Å². The molecule has 1 aliphatic carbocycles. The van der Waals surface area contributed by atoms with Gasteiger partial charge in [0.05, 0.1) is 0 Å². The SMILES string of the molecule is O=C1NC(=O)[C@](CCC(=O)N2CCN(c3ccc(F)c(F)c3)CC2)(C2CC2)N1. The Morgan fingerprint density at radius 2 is 1.82 bits per heavy atom. The molecule has 0 aromatic heterocycles. The fraction of sp³-hybridized carbons (Fsp3) is 0.526. The smallest absolute Gasteiger partial charge is 0.322 e. The van der Waals surface area contributed by atoms with Gasteiger partial charge in [0.1, 0.15) is 5.54 Å². The van der Waals surface area contributed by atoms with Crippen LogP contribution in [0.4, 0.5) is 19.3 Å². The minimum atomic E-state index is -0.958. The van der Waals surface area contributed by atoms with Gasteiger partial charge < -0.3 is 15.1 Å². The highest BCUT2D eigenvalue weighted by Crippen LogP contribution is 2.43. The molecular formula is C19H22F2N4O3. The molecule has 9 heteroatoms. The molecule has 1 atom stereocenters. The molecule has 28 heavy (non-hydrogen) atoms. The van der Waals surface area contributed by atoms with Crippen molar-refractivity contribution < 1.29 is 23.2 Å². The first kappa shape index (κ1) is 18.6. The van der Waals surface area contributed by atoms with Gasteiger partial charge in [0.15, 0.2) is 11.6 Å². The highest BCUT2D eigenvalue weighted by Gasteiger charge is 2.55. The van der Waals surface area contributed by atoms with E-state index >= 15 is 0 Å². The number of urea groups is 1. The van der Waals surface area contributed by atoms with E-state index in [0.717, 1.165) is 25.0 Å². The quantitative estimate of drug-likeness (QED) is 0.742. The van der Waals surface area contributed by atoms with Crippen molar-refractivity contribution in [3.05, 3.63) is 29.8 Å². The summed E-state index contributed by atoms with van der Waals surface area (Å²) >= 11 is 0. The fourth-order valence-electron chi connectivity index (χ4n) is 4.11. The minimum Gasteiger partial charge on any atom is -0.368 e. The third kappa shape index (κ3) is 3.41. The van der Waals surface area contributed by atoms with E-state index in [2.05, 4.69) is 10.6 Å². The average molecular weight is 392 g/mol. The molecule has 1 aromatic rings. The number of nitrogens with one attached hydrogen (secondary N) is 2. The molecular weight excluding hydrogens is 370 g/mol. The Bertz CT molecular complexity index is 821. The molecule has 2 aliphatic heterocycles. The van der Waals surface area contributed by atoms with Gasteiger partial charge in [-0.15, -0.1) is 0 Å². The number of carbonyl (C=O) groups excluding carboxylic acids is 3. The molecule has 4 amide bonds. The van der Waals surface area contributed by atoms with Crippen molar-refractivity contribution in [1.82, 2.24) is 15.5 Å². The van der Waals surface area contributed by atoms with Gasteiger partial charge in [0.25, 0.3) is 5.91 Å². The Hall–Kier alpha value is -2.71. The van der Waals surface area contributed by atoms with Crippen LogP contribution in [0.25, 0.3) is 0 Å². The standard InChI is InChI=1S/C19H22F2N4O3/c20-14-4-3-13(11-15(14)21)24-7-9-25(10-8-24)16(26)5-6-19(12-1-2-12)17(27)22-18(28)23-19/h3-4,11-12H,1-2,5-10H2,(H2,22,23,27,28)/t19-/m0/s1. The van der Waals surface area contributed by atoms with Crippen molar-refractivity contribution in [2.24, 2.45) is 5.92 Å². The fourth-order valence-corrected chi connectivity index (χ4v) is 4.11. The third-order valence-corrected chi connectivity index (χ3v) is 5.88. The van der Waals surface area contributed by atoms with Gasteiger partial charge in [-0.05, 0) is 37.3 Å². The molecule has 4 rings (SSSR count). The first-order valence-electron chi connectivity index (χ1n) is 9.50. The molecule has 0 unspecified atom stereocenters. The Balaban J connectivity index is 1.32. The van der Waals surface area contributed by atoms with E-state index < -0.39 is 23.2 Å². The highest BCUT2D eigenvalue weighted by atomic mass is 19.2. The van der Waals surface area contributed by atoms with E-state index in [9.17, 15) is 23.2 Å². The van der Waals surface area contributed by atoms with Gasteiger partial charge >= 0.3 is 6.03 Å². The summed E-state index contributed by atoms with van der Waals surface area (Å²) in [6, 6.07) is 3.29. The Kier molecular flexibility index (Phi) is 4.68. The number of hydrogen-bond acceptors (Lipinski definition) is 4. The summed E-state index contributed by atoms with van der Waals surface area (Å²) in [5.74, 6) is -2.09. The summed E-state index contributed by atoms with van der Waals surface area (Å²) in [6.45, 7) is 1.96. The normalized spacial score (nSPS) is 24.9. The second-order valence-electron chi connectivity index (χ2n) is 7.62. The van der Waals surface area contributed by atoms with Crippen molar-refractivity contribution in [1.29, 1.82) is 0 Å². The van der Waals surface area contributed by atoms with Crippen LogP contribution in [0.2, 0.25) is 0 Å². The van der Waals surface area contributed by atoms with Crippen molar-refractivity contribution in [3.8, 4) is 0 Å². The van der Waals surface area contributed by atoms with Crippen molar-refractivity contribution in [2.75, 3.05) is 31.1 Å². The van der Waals surface area contributed by atoms with Crippen LogP contribution in [0.5, 0.6) is 0 Å². The molecule has 2 N–H and O–H groups in total. The summed E-state index contributed by atoms with van der Waals surface area (Å²) < 4.78 is 26.5. The maximum Gasteiger partial charge on any atom is 0.322 e. The van der Waals surface area contributed by atoms with Crippen molar-refractivity contribution >= 4 is 23.5 Å². The predicted molar refractivity (Wildman–Crippen MR) is 96.5 cm³/mol. The summed E-state index contributed by atoms with van der Waals surface area (Å²) in [7, 11) is 0. The first-order chi connectivity index (χ1) is 13.4. The second-order valence-corrected chi connectivity index (χ2v) is 7.62. The maximum atomic E-state index is 13.4. The predicted octanol–water partition coefficient (Wildman–Crippen LogP) is 1.38. The van der Waals surface area contributed by atoms with Crippen LogP contribution in [0.3, 0.4) is 0 Å². The van der Waals surface area contributed by atoms with Crippen molar-refractivity contribution in [3.63, 3.8) is 0 Å². The molecule has 2 saturated heterocycles. The minimum absolute atomic E-state index is 0.0705. The van der Waals surface area contributed by atoms with E-state index in [0.29, 0.717) is 31.9 Å². The molecule has 3 aliphatic rings. The summed E-state index contributed by atoms with van der Waals surface area (Å²) in [5, 5.41) is 5.02. The lowest BCUT2D eigenvalue weighted by atomic mass is 9.87. The van der Waals surface area contributed by atoms with Crippen molar-refractivity contribution in [2.45, 2.75) is 31.2 Å². The Labute approximate surface area is 161 Å². The molecule has 7 nitrogen and oxygen atoms in total. The number of piperazine rings is 1. The number of hydrogen-bond donors (Lipinski definition) is 2. The highest BCUT2D eigenvalue weighted by molar-refractivity contribution is 6.07. The summed E-state index contributed by atoms with van der Waals surface area (Å²) in [4.78, 5) is 40.1. The molecule has 1 aromatic carbocycles. The van der Waals surface area contributed by atoms with Crippen LogP contribution >= 0.6 is 0 Å². The van der Waals surface area contributed by atoms with Gasteiger partial charge in [-0.3, -0.25) is 14.9 Å². The average Bonchev–Trinajstić information content (AvgIpc) is 3.48. The topological polar surface area (TPSA) is 81.8 Å². The third-order valence-electron chi connectivity index (χ3n) is 5.88. The number of imide groups is 1. The van der Waals surface area contributed by atoms with Crippen LogP contribution in [0, 0.1) is 17.6 Å². The van der Waals surface area contributed by atoms with Gasteiger partial charge in [0, 0.05) is 44.4 Å². The lowest BCUT2D eigenvalue weighted by Gasteiger charge is -2.36. The van der Waals surface area contributed by atoms with Gasteiger partial charge in [-0.1, -0.05) is 0 Å². The molecule has 0 radical (unpaired) electrons. The lowest BCUT2D eigenvalue weighted by Crippen LogP contribution is -2.51. The lowest BCUT2D eigenvalue weighted by molar-refractivity contribution is -0.132. The number of benzene rings is 1. The number of amides is 4. The zero-order chi connectivity index (χ0) is 19.9. The molecule has 0 spiro atoms.